The van der Waals surface area contributed by atoms with Crippen LogP contribution in [0.1, 0.15) is 6.42 Å². The number of benzene rings is 2. The maximum atomic E-state index is 12.0. The van der Waals surface area contributed by atoms with E-state index in [0.717, 1.165) is 11.4 Å². The third-order valence-electron chi connectivity index (χ3n) is 3.14. The highest BCUT2D eigenvalue weighted by atomic mass is 32.2. The van der Waals surface area contributed by atoms with Crippen LogP contribution in [0, 0.1) is 0 Å². The first kappa shape index (κ1) is 16.9. The zero-order chi connectivity index (χ0) is 15.8. The van der Waals surface area contributed by atoms with Crippen molar-refractivity contribution in [2.24, 2.45) is 5.73 Å². The minimum absolute atomic E-state index is 0.135. The van der Waals surface area contributed by atoms with Crippen LogP contribution >= 0.6 is 23.5 Å². The second kappa shape index (κ2) is 8.88. The monoisotopic (exact) mass is 332 g/mol. The summed E-state index contributed by atoms with van der Waals surface area (Å²) < 4.78 is 0. The normalized spacial score (nSPS) is 11.9. The SMILES string of the molecule is CSc1ccc(SCCC(N)C(=O)Nc2ccccc2)cc1. The van der Waals surface area contributed by atoms with Gasteiger partial charge in [0, 0.05) is 15.5 Å². The lowest BCUT2D eigenvalue weighted by atomic mass is 10.2. The van der Waals surface area contributed by atoms with Gasteiger partial charge in [-0.15, -0.1) is 23.5 Å². The minimum atomic E-state index is -0.488. The summed E-state index contributed by atoms with van der Waals surface area (Å²) in [5.74, 6) is 0.687. The number of nitrogens with one attached hydrogen (secondary N) is 1. The van der Waals surface area contributed by atoms with E-state index in [1.165, 1.54) is 9.79 Å². The molecular weight excluding hydrogens is 312 g/mol. The molecule has 3 nitrogen and oxygen atoms in total. The van der Waals surface area contributed by atoms with Gasteiger partial charge >= 0.3 is 0 Å². The zero-order valence-electron chi connectivity index (χ0n) is 12.5. The van der Waals surface area contributed by atoms with E-state index in [-0.39, 0.29) is 5.91 Å². The summed E-state index contributed by atoms with van der Waals surface area (Å²) in [5.41, 5.74) is 6.73. The molecule has 0 aliphatic carbocycles. The molecule has 116 valence electrons. The molecule has 1 atom stereocenters. The Morgan fingerprint density at radius 3 is 2.36 bits per heavy atom. The van der Waals surface area contributed by atoms with Crippen molar-refractivity contribution in [1.82, 2.24) is 0 Å². The second-order valence-corrected chi connectivity index (χ2v) is 6.82. The molecule has 3 N–H and O–H groups in total. The average Bonchev–Trinajstić information content (AvgIpc) is 2.56. The van der Waals surface area contributed by atoms with Crippen LogP contribution in [0.4, 0.5) is 5.69 Å². The van der Waals surface area contributed by atoms with Crippen molar-refractivity contribution in [2.45, 2.75) is 22.3 Å². The molecule has 1 unspecified atom stereocenters. The molecule has 0 saturated heterocycles. The Labute approximate surface area is 140 Å². The number of anilines is 1. The van der Waals surface area contributed by atoms with Crippen LogP contribution in [0.15, 0.2) is 64.4 Å². The highest BCUT2D eigenvalue weighted by Crippen LogP contribution is 2.23. The number of carbonyl (C=O) groups excluding carboxylic acids is 1. The topological polar surface area (TPSA) is 55.1 Å². The van der Waals surface area contributed by atoms with Gasteiger partial charge in [-0.2, -0.15) is 0 Å². The van der Waals surface area contributed by atoms with Crippen molar-refractivity contribution >= 4 is 35.1 Å². The summed E-state index contributed by atoms with van der Waals surface area (Å²) in [6.45, 7) is 0. The van der Waals surface area contributed by atoms with Gasteiger partial charge in [-0.3, -0.25) is 4.79 Å². The summed E-state index contributed by atoms with van der Waals surface area (Å²) >= 11 is 3.45. The summed E-state index contributed by atoms with van der Waals surface area (Å²) in [7, 11) is 0. The van der Waals surface area contributed by atoms with Crippen LogP contribution in [0.3, 0.4) is 0 Å². The molecule has 22 heavy (non-hydrogen) atoms. The van der Waals surface area contributed by atoms with E-state index in [9.17, 15) is 4.79 Å². The maximum absolute atomic E-state index is 12.0. The Balaban J connectivity index is 1.74. The molecule has 5 heteroatoms. The molecule has 1 amide bonds. The van der Waals surface area contributed by atoms with Gasteiger partial charge in [0.15, 0.2) is 0 Å². The van der Waals surface area contributed by atoms with Crippen LogP contribution in [0.25, 0.3) is 0 Å². The Kier molecular flexibility index (Phi) is 6.83. The number of hydrogen-bond donors (Lipinski definition) is 2. The van der Waals surface area contributed by atoms with Gasteiger partial charge in [0.05, 0.1) is 6.04 Å². The summed E-state index contributed by atoms with van der Waals surface area (Å²) in [5, 5.41) is 2.83. The van der Waals surface area contributed by atoms with Crippen molar-refractivity contribution in [3.8, 4) is 0 Å². The second-order valence-electron chi connectivity index (χ2n) is 4.77. The molecule has 2 rings (SSSR count). The summed E-state index contributed by atoms with van der Waals surface area (Å²) in [4.78, 5) is 14.4. The Bertz CT molecular complexity index is 587. The molecule has 0 aromatic heterocycles. The van der Waals surface area contributed by atoms with Crippen molar-refractivity contribution in [3.63, 3.8) is 0 Å². The van der Waals surface area contributed by atoms with Gasteiger partial charge < -0.3 is 11.1 Å². The van der Waals surface area contributed by atoms with Crippen LogP contribution in [0.5, 0.6) is 0 Å². The lowest BCUT2D eigenvalue weighted by Gasteiger charge is -2.12. The molecule has 0 saturated carbocycles. The number of nitrogens with two attached hydrogens (primary N) is 1. The lowest BCUT2D eigenvalue weighted by molar-refractivity contribution is -0.117. The van der Waals surface area contributed by atoms with E-state index in [4.69, 9.17) is 5.73 Å². The molecule has 0 bridgehead atoms. The largest absolute Gasteiger partial charge is 0.325 e. The fourth-order valence-electron chi connectivity index (χ4n) is 1.86. The molecule has 2 aromatic rings. The summed E-state index contributed by atoms with van der Waals surface area (Å²) in [6.07, 6.45) is 2.71. The Hall–Kier alpha value is -1.43. The number of amides is 1. The molecule has 0 heterocycles. The van der Waals surface area contributed by atoms with E-state index in [0.29, 0.717) is 6.42 Å². The zero-order valence-corrected chi connectivity index (χ0v) is 14.1. The molecule has 0 aliphatic heterocycles. The van der Waals surface area contributed by atoms with Crippen molar-refractivity contribution in [2.75, 3.05) is 17.3 Å². The molecule has 0 spiro atoms. The predicted molar refractivity (Wildman–Crippen MR) is 96.6 cm³/mol. The first-order chi connectivity index (χ1) is 10.7. The van der Waals surface area contributed by atoms with Crippen LogP contribution < -0.4 is 11.1 Å². The standard InChI is InChI=1S/C17H20N2OS2/c1-21-14-7-9-15(10-8-14)22-12-11-16(18)17(20)19-13-5-3-2-4-6-13/h2-10,16H,11-12,18H2,1H3,(H,19,20). The number of para-hydroxylation sites is 1. The van der Waals surface area contributed by atoms with Crippen LogP contribution in [-0.2, 0) is 4.79 Å². The fourth-order valence-corrected chi connectivity index (χ4v) is 3.21. The fraction of sp³-hybridized carbons (Fsp3) is 0.235. The van der Waals surface area contributed by atoms with Gasteiger partial charge in [-0.25, -0.2) is 0 Å². The highest BCUT2D eigenvalue weighted by molar-refractivity contribution is 7.99. The molecule has 2 aromatic carbocycles. The number of rotatable bonds is 7. The van der Waals surface area contributed by atoms with Crippen molar-refractivity contribution in [3.05, 3.63) is 54.6 Å². The van der Waals surface area contributed by atoms with Crippen LogP contribution in [0.2, 0.25) is 0 Å². The van der Waals surface area contributed by atoms with E-state index >= 15 is 0 Å². The average molecular weight is 332 g/mol. The van der Waals surface area contributed by atoms with E-state index in [2.05, 4.69) is 35.8 Å². The quantitative estimate of drug-likeness (QED) is 0.756. The third kappa shape index (κ3) is 5.40. The molecule has 0 radical (unpaired) electrons. The molecular formula is C17H20N2OS2. The van der Waals surface area contributed by atoms with E-state index in [1.807, 2.05) is 30.3 Å². The van der Waals surface area contributed by atoms with Gasteiger partial charge in [0.1, 0.15) is 0 Å². The first-order valence-corrected chi connectivity index (χ1v) is 9.28. The predicted octanol–water partition coefficient (Wildman–Crippen LogP) is 3.86. The van der Waals surface area contributed by atoms with Crippen LogP contribution in [-0.4, -0.2) is 24.0 Å². The third-order valence-corrected chi connectivity index (χ3v) is 4.92. The van der Waals surface area contributed by atoms with Gasteiger partial charge in [0.25, 0.3) is 0 Å². The van der Waals surface area contributed by atoms with Crippen molar-refractivity contribution in [1.29, 1.82) is 0 Å². The Morgan fingerprint density at radius 2 is 1.73 bits per heavy atom. The minimum Gasteiger partial charge on any atom is -0.325 e. The number of hydrogen-bond acceptors (Lipinski definition) is 4. The van der Waals surface area contributed by atoms with E-state index < -0.39 is 6.04 Å². The summed E-state index contributed by atoms with van der Waals surface area (Å²) in [6, 6.07) is 17.3. The Morgan fingerprint density at radius 1 is 1.09 bits per heavy atom. The molecule has 0 fully saturated rings. The van der Waals surface area contributed by atoms with Gasteiger partial charge in [0.2, 0.25) is 5.91 Å². The highest BCUT2D eigenvalue weighted by Gasteiger charge is 2.13. The maximum Gasteiger partial charge on any atom is 0.241 e. The number of carbonyl (C=O) groups is 1. The molecule has 0 aliphatic rings. The lowest BCUT2D eigenvalue weighted by Crippen LogP contribution is -2.36. The van der Waals surface area contributed by atoms with E-state index in [1.54, 1.807) is 23.5 Å². The van der Waals surface area contributed by atoms with Gasteiger partial charge in [-0.05, 0) is 54.8 Å². The van der Waals surface area contributed by atoms with Gasteiger partial charge in [-0.1, -0.05) is 18.2 Å². The number of thioether (sulfide) groups is 2. The van der Waals surface area contributed by atoms with Crippen molar-refractivity contribution < 1.29 is 4.79 Å². The smallest absolute Gasteiger partial charge is 0.241 e. The first-order valence-electron chi connectivity index (χ1n) is 7.07.